The molecule has 3 nitrogen and oxygen atoms in total. The van der Waals surface area contributed by atoms with Crippen LogP contribution in [0, 0.1) is 0 Å². The zero-order chi connectivity index (χ0) is 14.8. The molecule has 0 saturated carbocycles. The first-order valence-electron chi connectivity index (χ1n) is 7.59. The first-order valence-corrected chi connectivity index (χ1v) is 9.00. The van der Waals surface area contributed by atoms with Crippen LogP contribution in [0.1, 0.15) is 63.9 Å². The molecule has 0 bridgehead atoms. The summed E-state index contributed by atoms with van der Waals surface area (Å²) < 4.78 is 33.4. The Morgan fingerprint density at radius 1 is 0.905 bits per heavy atom. The van der Waals surface area contributed by atoms with E-state index in [2.05, 4.69) is 6.92 Å². The predicted octanol–water partition coefficient (Wildman–Crippen LogP) is 1.28. The van der Waals surface area contributed by atoms with E-state index in [0.717, 1.165) is 12.8 Å². The smallest absolute Gasteiger partial charge is 0.744 e. The van der Waals surface area contributed by atoms with Crippen molar-refractivity contribution in [2.24, 2.45) is 0 Å². The molecule has 0 fully saturated rings. The molecular weight excluding hydrogens is 311 g/mol. The molecule has 0 saturated heterocycles. The summed E-state index contributed by atoms with van der Waals surface area (Å²) in [5, 5.41) is 0. The van der Waals surface area contributed by atoms with Gasteiger partial charge in [0, 0.05) is 0 Å². The summed E-state index contributed by atoms with van der Waals surface area (Å²) in [6, 6.07) is 6.53. The van der Waals surface area contributed by atoms with Crippen molar-refractivity contribution >= 4 is 10.1 Å². The molecule has 1 rings (SSSR count). The Balaban J connectivity index is 0.00000400. The maximum Gasteiger partial charge on any atom is 1.00 e. The van der Waals surface area contributed by atoms with E-state index in [4.69, 9.17) is 0 Å². The van der Waals surface area contributed by atoms with Crippen LogP contribution in [0.15, 0.2) is 29.2 Å². The SMILES string of the molecule is CCCCCCCCCCc1ccccc1S(=O)(=O)[O-].[K+]. The van der Waals surface area contributed by atoms with Gasteiger partial charge in [0.05, 0.1) is 4.90 Å². The van der Waals surface area contributed by atoms with Crippen LogP contribution in [-0.4, -0.2) is 13.0 Å². The third kappa shape index (κ3) is 9.49. The largest absolute Gasteiger partial charge is 1.00 e. The van der Waals surface area contributed by atoms with E-state index in [0.29, 0.717) is 12.0 Å². The molecule has 21 heavy (non-hydrogen) atoms. The maximum atomic E-state index is 11.1. The maximum absolute atomic E-state index is 11.1. The van der Waals surface area contributed by atoms with Crippen LogP contribution in [-0.2, 0) is 16.5 Å². The van der Waals surface area contributed by atoms with Crippen LogP contribution in [0.25, 0.3) is 0 Å². The molecule has 1 aromatic rings. The van der Waals surface area contributed by atoms with Gasteiger partial charge in [-0.25, -0.2) is 8.42 Å². The van der Waals surface area contributed by atoms with Gasteiger partial charge in [0.15, 0.2) is 0 Å². The molecule has 0 atom stereocenters. The molecule has 5 heteroatoms. The van der Waals surface area contributed by atoms with Crippen LogP contribution in [0.3, 0.4) is 0 Å². The molecule has 0 heterocycles. The molecular formula is C16H25KO3S. The van der Waals surface area contributed by atoms with Crippen molar-refractivity contribution in [3.05, 3.63) is 29.8 Å². The van der Waals surface area contributed by atoms with E-state index in [1.807, 2.05) is 0 Å². The number of aryl methyl sites for hydroxylation is 1. The second-order valence-electron chi connectivity index (χ2n) is 5.29. The molecule has 114 valence electrons. The fourth-order valence-corrected chi connectivity index (χ4v) is 3.14. The van der Waals surface area contributed by atoms with E-state index in [9.17, 15) is 13.0 Å². The fraction of sp³-hybridized carbons (Fsp3) is 0.625. The van der Waals surface area contributed by atoms with Gasteiger partial charge in [0.1, 0.15) is 10.1 Å². The second-order valence-corrected chi connectivity index (χ2v) is 6.63. The van der Waals surface area contributed by atoms with E-state index >= 15 is 0 Å². The van der Waals surface area contributed by atoms with Gasteiger partial charge in [-0.05, 0) is 24.5 Å². The van der Waals surface area contributed by atoms with Crippen molar-refractivity contribution in [2.45, 2.75) is 69.6 Å². The minimum Gasteiger partial charge on any atom is -0.744 e. The van der Waals surface area contributed by atoms with Crippen LogP contribution >= 0.6 is 0 Å². The second kappa shape index (κ2) is 12.2. The van der Waals surface area contributed by atoms with Gasteiger partial charge in [-0.1, -0.05) is 70.1 Å². The minimum absolute atomic E-state index is 0. The summed E-state index contributed by atoms with van der Waals surface area (Å²) in [4.78, 5) is -0.0528. The van der Waals surface area contributed by atoms with Crippen molar-refractivity contribution in [3.63, 3.8) is 0 Å². The van der Waals surface area contributed by atoms with E-state index in [1.54, 1.807) is 18.2 Å². The number of unbranched alkanes of at least 4 members (excludes halogenated alkanes) is 7. The van der Waals surface area contributed by atoms with E-state index in [1.165, 1.54) is 44.6 Å². The Morgan fingerprint density at radius 2 is 1.43 bits per heavy atom. The summed E-state index contributed by atoms with van der Waals surface area (Å²) in [6.45, 7) is 2.21. The van der Waals surface area contributed by atoms with Crippen molar-refractivity contribution in [1.82, 2.24) is 0 Å². The zero-order valence-corrected chi connectivity index (χ0v) is 17.2. The van der Waals surface area contributed by atoms with Crippen LogP contribution < -0.4 is 51.4 Å². The minimum atomic E-state index is -4.34. The number of rotatable bonds is 10. The first-order chi connectivity index (χ1) is 9.55. The molecule has 0 N–H and O–H groups in total. The Morgan fingerprint density at radius 3 is 2.00 bits per heavy atom. The van der Waals surface area contributed by atoms with Crippen LogP contribution in [0.5, 0.6) is 0 Å². The standard InChI is InChI=1S/C16H26O3S.K/c1-2-3-4-5-6-7-8-9-12-15-13-10-11-14-16(15)20(17,18)19;/h10-11,13-14H,2-9,12H2,1H3,(H,17,18,19);/q;+1/p-1. The normalized spacial score (nSPS) is 11.1. The summed E-state index contributed by atoms with van der Waals surface area (Å²) in [7, 11) is -4.34. The average Bonchev–Trinajstić information content (AvgIpc) is 2.41. The molecule has 0 aliphatic carbocycles. The van der Waals surface area contributed by atoms with Gasteiger partial charge in [-0.3, -0.25) is 0 Å². The summed E-state index contributed by atoms with van der Waals surface area (Å²) in [5.74, 6) is 0. The van der Waals surface area contributed by atoms with Crippen molar-refractivity contribution in [2.75, 3.05) is 0 Å². The molecule has 0 aliphatic rings. The molecule has 0 spiro atoms. The van der Waals surface area contributed by atoms with Crippen molar-refractivity contribution in [1.29, 1.82) is 0 Å². The Hall–Kier alpha value is 0.766. The van der Waals surface area contributed by atoms with Gasteiger partial charge in [0.2, 0.25) is 0 Å². The van der Waals surface area contributed by atoms with Gasteiger partial charge in [0.25, 0.3) is 0 Å². The Labute approximate surface area is 172 Å². The Bertz CT molecular complexity index is 486. The predicted molar refractivity (Wildman–Crippen MR) is 80.7 cm³/mol. The topological polar surface area (TPSA) is 57.2 Å². The molecule has 0 radical (unpaired) electrons. The molecule has 1 aromatic carbocycles. The first kappa shape index (κ1) is 21.8. The summed E-state index contributed by atoms with van der Waals surface area (Å²) in [6.07, 6.45) is 10.3. The zero-order valence-electron chi connectivity index (χ0n) is 13.3. The van der Waals surface area contributed by atoms with Crippen LogP contribution in [0.2, 0.25) is 0 Å². The van der Waals surface area contributed by atoms with Gasteiger partial charge in [-0.15, -0.1) is 0 Å². The third-order valence-corrected chi connectivity index (χ3v) is 4.48. The van der Waals surface area contributed by atoms with Gasteiger partial charge >= 0.3 is 51.4 Å². The monoisotopic (exact) mass is 336 g/mol. The Kier molecular flexibility index (Phi) is 12.7. The van der Waals surface area contributed by atoms with Crippen molar-refractivity contribution < 1.29 is 64.4 Å². The fourth-order valence-electron chi connectivity index (χ4n) is 2.40. The third-order valence-electron chi connectivity index (χ3n) is 3.54. The molecule has 0 amide bonds. The average molecular weight is 337 g/mol. The molecule has 0 unspecified atom stereocenters. The molecule has 0 aliphatic heterocycles. The van der Waals surface area contributed by atoms with E-state index < -0.39 is 10.1 Å². The van der Waals surface area contributed by atoms with Crippen LogP contribution in [0.4, 0.5) is 0 Å². The number of hydrogen-bond acceptors (Lipinski definition) is 3. The molecule has 0 aromatic heterocycles. The number of hydrogen-bond donors (Lipinski definition) is 0. The van der Waals surface area contributed by atoms with Crippen molar-refractivity contribution in [3.8, 4) is 0 Å². The quantitative estimate of drug-likeness (QED) is 0.367. The van der Waals surface area contributed by atoms with Gasteiger partial charge in [-0.2, -0.15) is 0 Å². The summed E-state index contributed by atoms with van der Waals surface area (Å²) in [5.41, 5.74) is 0.661. The summed E-state index contributed by atoms with van der Waals surface area (Å²) >= 11 is 0. The number of benzene rings is 1. The van der Waals surface area contributed by atoms with Gasteiger partial charge < -0.3 is 4.55 Å². The van der Waals surface area contributed by atoms with E-state index in [-0.39, 0.29) is 56.3 Å².